The summed E-state index contributed by atoms with van der Waals surface area (Å²) in [5, 5.41) is 12.7. The molecule has 1 aromatic rings. The van der Waals surface area contributed by atoms with Crippen LogP contribution in [0.15, 0.2) is 18.2 Å². The maximum atomic E-state index is 12.6. The Bertz CT molecular complexity index is 822. The SMILES string of the molecule is O=C(CCN1C(=O)NC2(CCCCC2)C1=O)NNC(=O)c1cc(Cl)ccc1O. The third-order valence-corrected chi connectivity index (χ3v) is 5.27. The van der Waals surface area contributed by atoms with E-state index in [1.165, 1.54) is 18.2 Å². The average Bonchev–Trinajstić information content (AvgIpc) is 2.90. The first-order valence-electron chi connectivity index (χ1n) is 9.04. The van der Waals surface area contributed by atoms with Gasteiger partial charge in [-0.05, 0) is 31.0 Å². The molecule has 0 atom stereocenters. The smallest absolute Gasteiger partial charge is 0.325 e. The second kappa shape index (κ2) is 8.05. The van der Waals surface area contributed by atoms with Gasteiger partial charge in [0.25, 0.3) is 11.8 Å². The lowest BCUT2D eigenvalue weighted by atomic mass is 9.82. The van der Waals surface area contributed by atoms with E-state index >= 15 is 0 Å². The number of carbonyl (C=O) groups is 4. The van der Waals surface area contributed by atoms with Gasteiger partial charge in [-0.3, -0.25) is 30.1 Å². The van der Waals surface area contributed by atoms with Gasteiger partial charge in [-0.2, -0.15) is 0 Å². The first-order valence-corrected chi connectivity index (χ1v) is 9.42. The molecule has 2 fully saturated rings. The number of halogens is 1. The molecule has 1 saturated heterocycles. The summed E-state index contributed by atoms with van der Waals surface area (Å²) in [6, 6.07) is 3.45. The second-order valence-electron chi connectivity index (χ2n) is 6.94. The van der Waals surface area contributed by atoms with Crippen LogP contribution in [-0.2, 0) is 9.59 Å². The van der Waals surface area contributed by atoms with Gasteiger partial charge in [0.15, 0.2) is 0 Å². The topological polar surface area (TPSA) is 128 Å². The van der Waals surface area contributed by atoms with Gasteiger partial charge in [0.1, 0.15) is 11.3 Å². The molecule has 1 aliphatic carbocycles. The molecule has 1 aromatic carbocycles. The van der Waals surface area contributed by atoms with Gasteiger partial charge in [0.05, 0.1) is 5.56 Å². The molecule has 5 amide bonds. The first-order chi connectivity index (χ1) is 13.3. The number of hydrogen-bond acceptors (Lipinski definition) is 5. The van der Waals surface area contributed by atoms with Crippen molar-refractivity contribution in [3.63, 3.8) is 0 Å². The fourth-order valence-electron chi connectivity index (χ4n) is 3.53. The molecule has 2 aliphatic rings. The number of aromatic hydroxyl groups is 1. The summed E-state index contributed by atoms with van der Waals surface area (Å²) in [6.45, 7) is -0.0868. The van der Waals surface area contributed by atoms with E-state index in [4.69, 9.17) is 11.6 Å². The van der Waals surface area contributed by atoms with Crippen LogP contribution in [0.4, 0.5) is 4.79 Å². The van der Waals surface area contributed by atoms with E-state index in [0.717, 1.165) is 24.2 Å². The van der Waals surface area contributed by atoms with Gasteiger partial charge in [0, 0.05) is 18.0 Å². The maximum absolute atomic E-state index is 12.6. The summed E-state index contributed by atoms with van der Waals surface area (Å²) in [6.07, 6.45) is 3.84. The number of phenolic OH excluding ortho intramolecular Hbond substituents is 1. The van der Waals surface area contributed by atoms with E-state index in [0.29, 0.717) is 12.8 Å². The lowest BCUT2D eigenvalue weighted by Gasteiger charge is -2.30. The minimum absolute atomic E-state index is 0.0868. The largest absolute Gasteiger partial charge is 0.507 e. The van der Waals surface area contributed by atoms with E-state index in [2.05, 4.69) is 16.2 Å². The van der Waals surface area contributed by atoms with Crippen LogP contribution < -0.4 is 16.2 Å². The number of carbonyl (C=O) groups excluding carboxylic acids is 4. The van der Waals surface area contributed by atoms with E-state index in [1.54, 1.807) is 0 Å². The maximum Gasteiger partial charge on any atom is 0.325 e. The lowest BCUT2D eigenvalue weighted by molar-refractivity contribution is -0.132. The number of phenols is 1. The highest BCUT2D eigenvalue weighted by Crippen LogP contribution is 2.33. The summed E-state index contributed by atoms with van der Waals surface area (Å²) in [7, 11) is 0. The number of rotatable bonds is 4. The normalized spacial score (nSPS) is 18.1. The molecule has 10 heteroatoms. The number of nitrogens with zero attached hydrogens (tertiary/aromatic N) is 1. The molecule has 9 nitrogen and oxygen atoms in total. The minimum atomic E-state index is -0.829. The van der Waals surface area contributed by atoms with Crippen LogP contribution in [0, 0.1) is 0 Å². The minimum Gasteiger partial charge on any atom is -0.507 e. The molecule has 3 rings (SSSR count). The molecule has 1 spiro atoms. The van der Waals surface area contributed by atoms with Crippen molar-refractivity contribution in [2.75, 3.05) is 6.54 Å². The summed E-state index contributed by atoms with van der Waals surface area (Å²) in [4.78, 5) is 49.8. The molecule has 1 aliphatic heterocycles. The summed E-state index contributed by atoms with van der Waals surface area (Å²) < 4.78 is 0. The zero-order valence-electron chi connectivity index (χ0n) is 15.1. The van der Waals surface area contributed by atoms with Crippen LogP contribution in [0.5, 0.6) is 5.75 Å². The number of nitrogens with one attached hydrogen (secondary N) is 3. The number of imide groups is 1. The van der Waals surface area contributed by atoms with Gasteiger partial charge < -0.3 is 10.4 Å². The molecule has 0 aromatic heterocycles. The van der Waals surface area contributed by atoms with Crippen molar-refractivity contribution in [2.24, 2.45) is 0 Å². The molecule has 0 radical (unpaired) electrons. The molecule has 0 unspecified atom stereocenters. The number of urea groups is 1. The summed E-state index contributed by atoms with van der Waals surface area (Å²) in [5.74, 6) is -1.91. The third-order valence-electron chi connectivity index (χ3n) is 5.03. The fourth-order valence-corrected chi connectivity index (χ4v) is 3.71. The molecular weight excluding hydrogens is 388 g/mol. The van der Waals surface area contributed by atoms with Crippen LogP contribution in [-0.4, -0.2) is 45.8 Å². The molecule has 0 bridgehead atoms. The molecule has 4 N–H and O–H groups in total. The Balaban J connectivity index is 1.50. The predicted octanol–water partition coefficient (Wildman–Crippen LogP) is 1.45. The van der Waals surface area contributed by atoms with Crippen LogP contribution in [0.1, 0.15) is 48.9 Å². The molecule has 150 valence electrons. The third kappa shape index (κ3) is 4.04. The standard InChI is InChI=1S/C18H21ClN4O5/c19-11-4-5-13(24)12(10-11)15(26)22-21-14(25)6-9-23-16(27)18(20-17(23)28)7-2-1-3-8-18/h4-5,10,24H,1-3,6-9H2,(H,20,28)(H,21,25)(H,22,26). The van der Waals surface area contributed by atoms with Gasteiger partial charge in [-0.1, -0.05) is 30.9 Å². The van der Waals surface area contributed by atoms with Crippen LogP contribution in [0.2, 0.25) is 5.02 Å². The van der Waals surface area contributed by atoms with Crippen LogP contribution in [0.3, 0.4) is 0 Å². The van der Waals surface area contributed by atoms with E-state index in [1.807, 2.05) is 0 Å². The average molecular weight is 409 g/mol. The number of hydrazine groups is 1. The summed E-state index contributed by atoms with van der Waals surface area (Å²) in [5.41, 5.74) is 3.42. The van der Waals surface area contributed by atoms with Gasteiger partial charge in [0.2, 0.25) is 5.91 Å². The van der Waals surface area contributed by atoms with Crippen LogP contribution in [0.25, 0.3) is 0 Å². The van der Waals surface area contributed by atoms with Gasteiger partial charge >= 0.3 is 6.03 Å². The van der Waals surface area contributed by atoms with Crippen molar-refractivity contribution in [1.29, 1.82) is 0 Å². The fraction of sp³-hybridized carbons (Fsp3) is 0.444. The molecular formula is C18H21ClN4O5. The van der Waals surface area contributed by atoms with Crippen molar-refractivity contribution >= 4 is 35.4 Å². The number of benzene rings is 1. The highest BCUT2D eigenvalue weighted by atomic mass is 35.5. The Morgan fingerprint density at radius 1 is 1.18 bits per heavy atom. The molecule has 28 heavy (non-hydrogen) atoms. The lowest BCUT2D eigenvalue weighted by Crippen LogP contribution is -2.48. The van der Waals surface area contributed by atoms with Gasteiger partial charge in [-0.25, -0.2) is 4.79 Å². The highest BCUT2D eigenvalue weighted by molar-refractivity contribution is 6.31. The Kier molecular flexibility index (Phi) is 5.73. The monoisotopic (exact) mass is 408 g/mol. The van der Waals surface area contributed by atoms with Crippen LogP contribution >= 0.6 is 11.6 Å². The Hall–Kier alpha value is -2.81. The first kappa shape index (κ1) is 19.9. The zero-order chi connectivity index (χ0) is 20.3. The zero-order valence-corrected chi connectivity index (χ0v) is 15.8. The van der Waals surface area contributed by atoms with Crippen molar-refractivity contribution in [1.82, 2.24) is 21.1 Å². The predicted molar refractivity (Wildman–Crippen MR) is 99.4 cm³/mol. The molecule has 1 saturated carbocycles. The van der Waals surface area contributed by atoms with E-state index in [-0.39, 0.29) is 35.2 Å². The highest BCUT2D eigenvalue weighted by Gasteiger charge is 2.51. The molecule has 1 heterocycles. The van der Waals surface area contributed by atoms with Crippen molar-refractivity contribution < 1.29 is 24.3 Å². The van der Waals surface area contributed by atoms with E-state index < -0.39 is 23.4 Å². The Morgan fingerprint density at radius 2 is 1.89 bits per heavy atom. The van der Waals surface area contributed by atoms with E-state index in [9.17, 15) is 24.3 Å². The number of amides is 5. The van der Waals surface area contributed by atoms with Gasteiger partial charge in [-0.15, -0.1) is 0 Å². The Labute approximate surface area is 166 Å². The Morgan fingerprint density at radius 3 is 2.61 bits per heavy atom. The summed E-state index contributed by atoms with van der Waals surface area (Å²) >= 11 is 5.78. The second-order valence-corrected chi connectivity index (χ2v) is 7.38. The number of hydrogen-bond donors (Lipinski definition) is 4. The van der Waals surface area contributed by atoms with Crippen molar-refractivity contribution in [3.8, 4) is 5.75 Å². The quantitative estimate of drug-likeness (QED) is 0.443. The van der Waals surface area contributed by atoms with Crippen molar-refractivity contribution in [3.05, 3.63) is 28.8 Å². The van der Waals surface area contributed by atoms with Crippen molar-refractivity contribution in [2.45, 2.75) is 44.1 Å².